The normalized spacial score (nSPS) is 47.1. The van der Waals surface area contributed by atoms with Crippen molar-refractivity contribution in [2.24, 2.45) is 35.5 Å². The summed E-state index contributed by atoms with van der Waals surface area (Å²) in [5, 5.41) is 0. The SMILES string of the molecule is C[C@@H]1CCCC[C@H]1CN1C(=O)[C@@H]2[C@H]3CC[C@H](C3)[C@@H]2C1=O. The molecular weight excluding hydrogens is 250 g/mol. The number of fused-ring (bicyclic) bond motifs is 5. The summed E-state index contributed by atoms with van der Waals surface area (Å²) in [7, 11) is 0. The first-order valence-electron chi connectivity index (χ1n) is 8.52. The molecule has 4 rings (SSSR count). The Morgan fingerprint density at radius 2 is 1.55 bits per heavy atom. The molecule has 4 aliphatic rings. The van der Waals surface area contributed by atoms with Gasteiger partial charge in [-0.15, -0.1) is 0 Å². The van der Waals surface area contributed by atoms with E-state index in [0.29, 0.717) is 30.2 Å². The first-order chi connectivity index (χ1) is 9.66. The fourth-order valence-electron chi connectivity index (χ4n) is 5.55. The number of rotatable bonds is 2. The average molecular weight is 275 g/mol. The topological polar surface area (TPSA) is 37.4 Å². The van der Waals surface area contributed by atoms with Crippen LogP contribution in [0.5, 0.6) is 0 Å². The highest BCUT2D eigenvalue weighted by Crippen LogP contribution is 2.56. The van der Waals surface area contributed by atoms with Gasteiger partial charge in [0.25, 0.3) is 0 Å². The zero-order valence-corrected chi connectivity index (χ0v) is 12.4. The van der Waals surface area contributed by atoms with Crippen LogP contribution in [0.3, 0.4) is 0 Å². The highest BCUT2D eigenvalue weighted by Gasteiger charge is 2.60. The third kappa shape index (κ3) is 1.71. The molecule has 3 aliphatic carbocycles. The monoisotopic (exact) mass is 275 g/mol. The molecule has 1 aliphatic heterocycles. The second-order valence-electron chi connectivity index (χ2n) is 7.69. The van der Waals surface area contributed by atoms with Gasteiger partial charge in [-0.1, -0.05) is 26.2 Å². The van der Waals surface area contributed by atoms with Gasteiger partial charge in [0.1, 0.15) is 0 Å². The summed E-state index contributed by atoms with van der Waals surface area (Å²) in [6.45, 7) is 3.00. The van der Waals surface area contributed by atoms with Gasteiger partial charge in [-0.05, 0) is 49.4 Å². The largest absolute Gasteiger partial charge is 0.282 e. The zero-order valence-electron chi connectivity index (χ0n) is 12.4. The molecule has 2 bridgehead atoms. The van der Waals surface area contributed by atoms with Crippen LogP contribution in [0.15, 0.2) is 0 Å². The Hall–Kier alpha value is -0.860. The Bertz CT molecular complexity index is 418. The van der Waals surface area contributed by atoms with Crippen LogP contribution in [0.25, 0.3) is 0 Å². The quantitative estimate of drug-likeness (QED) is 0.727. The van der Waals surface area contributed by atoms with E-state index in [1.165, 1.54) is 38.5 Å². The standard InChI is InChI=1S/C17H25NO2/c1-10-4-2-3-5-13(10)9-18-16(19)14-11-6-7-12(8-11)15(14)17(18)20/h10-15H,2-9H2,1H3/t10-,11-,12+,13+,14+,15-/m1/s1. The number of carbonyl (C=O) groups excluding carboxylic acids is 2. The van der Waals surface area contributed by atoms with Gasteiger partial charge >= 0.3 is 0 Å². The van der Waals surface area contributed by atoms with E-state index in [9.17, 15) is 9.59 Å². The van der Waals surface area contributed by atoms with E-state index >= 15 is 0 Å². The summed E-state index contributed by atoms with van der Waals surface area (Å²) in [5.74, 6) is 2.77. The van der Waals surface area contributed by atoms with E-state index in [1.54, 1.807) is 4.90 Å². The van der Waals surface area contributed by atoms with Gasteiger partial charge in [-0.25, -0.2) is 0 Å². The minimum Gasteiger partial charge on any atom is -0.282 e. The Labute approximate surface area is 121 Å². The molecule has 0 spiro atoms. The molecule has 3 heteroatoms. The van der Waals surface area contributed by atoms with Crippen LogP contribution in [-0.2, 0) is 9.59 Å². The first kappa shape index (κ1) is 12.8. The molecule has 110 valence electrons. The van der Waals surface area contributed by atoms with Gasteiger partial charge in [0.2, 0.25) is 11.8 Å². The van der Waals surface area contributed by atoms with Gasteiger partial charge in [-0.3, -0.25) is 14.5 Å². The number of nitrogens with zero attached hydrogens (tertiary/aromatic N) is 1. The van der Waals surface area contributed by atoms with Gasteiger partial charge in [0.05, 0.1) is 11.8 Å². The van der Waals surface area contributed by atoms with Crippen molar-refractivity contribution in [2.45, 2.75) is 51.9 Å². The van der Waals surface area contributed by atoms with E-state index in [1.807, 2.05) is 0 Å². The number of hydrogen-bond acceptors (Lipinski definition) is 2. The van der Waals surface area contributed by atoms with E-state index in [-0.39, 0.29) is 23.7 Å². The molecule has 0 aromatic carbocycles. The lowest BCUT2D eigenvalue weighted by molar-refractivity contribution is -0.142. The highest BCUT2D eigenvalue weighted by atomic mass is 16.2. The third-order valence-corrected chi connectivity index (χ3v) is 6.72. The van der Waals surface area contributed by atoms with Crippen LogP contribution in [0.2, 0.25) is 0 Å². The third-order valence-electron chi connectivity index (χ3n) is 6.72. The number of amides is 2. The van der Waals surface area contributed by atoms with Crippen molar-refractivity contribution in [1.29, 1.82) is 0 Å². The van der Waals surface area contributed by atoms with Crippen molar-refractivity contribution in [2.75, 3.05) is 6.54 Å². The van der Waals surface area contributed by atoms with E-state index in [4.69, 9.17) is 0 Å². The van der Waals surface area contributed by atoms with E-state index in [0.717, 1.165) is 6.42 Å². The maximum absolute atomic E-state index is 12.7. The molecule has 0 aromatic heterocycles. The van der Waals surface area contributed by atoms with Crippen molar-refractivity contribution in [3.63, 3.8) is 0 Å². The second-order valence-corrected chi connectivity index (χ2v) is 7.69. The van der Waals surface area contributed by atoms with Crippen molar-refractivity contribution in [1.82, 2.24) is 4.90 Å². The van der Waals surface area contributed by atoms with Crippen LogP contribution in [-0.4, -0.2) is 23.3 Å². The highest BCUT2D eigenvalue weighted by molar-refractivity contribution is 6.06. The van der Waals surface area contributed by atoms with E-state index in [2.05, 4.69) is 6.92 Å². The van der Waals surface area contributed by atoms with Crippen LogP contribution in [0, 0.1) is 35.5 Å². The molecule has 0 N–H and O–H groups in total. The second kappa shape index (κ2) is 4.57. The summed E-state index contributed by atoms with van der Waals surface area (Å²) >= 11 is 0. The molecule has 0 unspecified atom stereocenters. The Morgan fingerprint density at radius 1 is 0.950 bits per heavy atom. The van der Waals surface area contributed by atoms with Crippen molar-refractivity contribution in [3.8, 4) is 0 Å². The van der Waals surface area contributed by atoms with Crippen LogP contribution in [0.1, 0.15) is 51.9 Å². The summed E-state index contributed by atoms with van der Waals surface area (Å²) in [5.41, 5.74) is 0. The van der Waals surface area contributed by atoms with Crippen LogP contribution < -0.4 is 0 Å². The molecule has 3 saturated carbocycles. The smallest absolute Gasteiger partial charge is 0.233 e. The predicted molar refractivity (Wildman–Crippen MR) is 75.7 cm³/mol. The van der Waals surface area contributed by atoms with Crippen molar-refractivity contribution < 1.29 is 9.59 Å². The maximum atomic E-state index is 12.7. The maximum Gasteiger partial charge on any atom is 0.233 e. The van der Waals surface area contributed by atoms with Gasteiger partial charge < -0.3 is 0 Å². The first-order valence-corrected chi connectivity index (χ1v) is 8.52. The summed E-state index contributed by atoms with van der Waals surface area (Å²) < 4.78 is 0. The molecule has 0 radical (unpaired) electrons. The summed E-state index contributed by atoms with van der Waals surface area (Å²) in [6, 6.07) is 0. The molecular formula is C17H25NO2. The number of imide groups is 1. The Balaban J connectivity index is 1.52. The summed E-state index contributed by atoms with van der Waals surface area (Å²) in [4.78, 5) is 27.0. The van der Waals surface area contributed by atoms with Crippen molar-refractivity contribution in [3.05, 3.63) is 0 Å². The van der Waals surface area contributed by atoms with Gasteiger partial charge in [-0.2, -0.15) is 0 Å². The molecule has 1 heterocycles. The molecule has 20 heavy (non-hydrogen) atoms. The molecule has 4 fully saturated rings. The molecule has 3 nitrogen and oxygen atoms in total. The zero-order chi connectivity index (χ0) is 13.9. The predicted octanol–water partition coefficient (Wildman–Crippen LogP) is 2.84. The summed E-state index contributed by atoms with van der Waals surface area (Å²) in [6.07, 6.45) is 8.54. The van der Waals surface area contributed by atoms with Crippen molar-refractivity contribution >= 4 is 11.8 Å². The van der Waals surface area contributed by atoms with E-state index < -0.39 is 0 Å². The van der Waals surface area contributed by atoms with Gasteiger partial charge in [0.15, 0.2) is 0 Å². The molecule has 1 saturated heterocycles. The van der Waals surface area contributed by atoms with Gasteiger partial charge in [0, 0.05) is 6.54 Å². The lowest BCUT2D eigenvalue weighted by Crippen LogP contribution is -2.39. The van der Waals surface area contributed by atoms with Crippen LogP contribution >= 0.6 is 0 Å². The Morgan fingerprint density at radius 3 is 2.15 bits per heavy atom. The molecule has 2 amide bonds. The minimum absolute atomic E-state index is 0.0696. The fourth-order valence-corrected chi connectivity index (χ4v) is 5.55. The van der Waals surface area contributed by atoms with Crippen LogP contribution in [0.4, 0.5) is 0 Å². The lowest BCUT2D eigenvalue weighted by Gasteiger charge is -2.31. The lowest BCUT2D eigenvalue weighted by atomic mass is 9.80. The Kier molecular flexibility index (Phi) is 2.94. The average Bonchev–Trinajstić information content (AvgIpc) is 3.10. The number of carbonyl (C=O) groups is 2. The minimum atomic E-state index is 0.0696. The number of likely N-dealkylation sites (tertiary alicyclic amines) is 1. The molecule has 0 aromatic rings. The fraction of sp³-hybridized carbons (Fsp3) is 0.882. The number of hydrogen-bond donors (Lipinski definition) is 0. The molecule has 6 atom stereocenters.